The number of hydrogen-bond donors (Lipinski definition) is 1. The molecule has 0 aliphatic rings. The Labute approximate surface area is 204 Å². The molecule has 7 heteroatoms. The van der Waals surface area contributed by atoms with Gasteiger partial charge in [-0.15, -0.1) is 0 Å². The Morgan fingerprint density at radius 1 is 1.09 bits per heavy atom. The summed E-state index contributed by atoms with van der Waals surface area (Å²) in [6, 6.07) is 20.2. The zero-order chi connectivity index (χ0) is 23.8. The summed E-state index contributed by atoms with van der Waals surface area (Å²) >= 11 is 1.71. The first-order valence-electron chi connectivity index (χ1n) is 11.6. The highest BCUT2D eigenvalue weighted by molar-refractivity contribution is 7.98. The van der Waals surface area contributed by atoms with Gasteiger partial charge in [0.05, 0.1) is 6.54 Å². The van der Waals surface area contributed by atoms with Crippen molar-refractivity contribution in [3.05, 3.63) is 89.1 Å². The monoisotopic (exact) mass is 474 g/mol. The lowest BCUT2D eigenvalue weighted by molar-refractivity contribution is 0.0944. The van der Waals surface area contributed by atoms with Crippen LogP contribution < -0.4 is 5.32 Å². The first-order chi connectivity index (χ1) is 16.6. The Morgan fingerprint density at radius 3 is 2.74 bits per heavy atom. The van der Waals surface area contributed by atoms with Gasteiger partial charge in [0.25, 0.3) is 5.91 Å². The molecule has 0 bridgehead atoms. The Balaban J connectivity index is 1.45. The zero-order valence-corrected chi connectivity index (χ0v) is 20.5. The van der Waals surface area contributed by atoms with Crippen molar-refractivity contribution in [1.82, 2.24) is 19.9 Å². The highest BCUT2D eigenvalue weighted by atomic mass is 32.2. The third kappa shape index (κ3) is 6.24. The van der Waals surface area contributed by atoms with Crippen LogP contribution in [0.15, 0.2) is 72.0 Å². The normalized spacial score (nSPS) is 11.1. The lowest BCUT2D eigenvalue weighted by atomic mass is 10.1. The molecule has 6 nitrogen and oxygen atoms in total. The average Bonchev–Trinajstić information content (AvgIpc) is 3.20. The average molecular weight is 475 g/mol. The van der Waals surface area contributed by atoms with E-state index in [1.54, 1.807) is 18.0 Å². The lowest BCUT2D eigenvalue weighted by Gasteiger charge is -2.10. The van der Waals surface area contributed by atoms with Crippen LogP contribution in [0, 0.1) is 6.92 Å². The van der Waals surface area contributed by atoms with Crippen molar-refractivity contribution in [2.45, 2.75) is 37.7 Å². The number of fused-ring (bicyclic) bond motifs is 1. The van der Waals surface area contributed by atoms with E-state index < -0.39 is 0 Å². The summed E-state index contributed by atoms with van der Waals surface area (Å²) in [6.07, 6.45) is 2.61. The summed E-state index contributed by atoms with van der Waals surface area (Å²) in [5.74, 6) is 0.778. The van der Waals surface area contributed by atoms with Gasteiger partial charge in [-0.3, -0.25) is 9.36 Å². The molecule has 1 amide bonds. The highest BCUT2D eigenvalue weighted by Gasteiger charge is 2.13. The van der Waals surface area contributed by atoms with Gasteiger partial charge in [0, 0.05) is 37.3 Å². The molecule has 1 N–H and O–H groups in total. The quantitative estimate of drug-likeness (QED) is 0.238. The molecule has 4 rings (SSSR count). The number of imidazole rings is 1. The van der Waals surface area contributed by atoms with E-state index in [1.165, 1.54) is 11.1 Å². The molecule has 4 aromatic rings. The topological polar surface area (TPSA) is 69.0 Å². The Morgan fingerprint density at radius 2 is 1.94 bits per heavy atom. The van der Waals surface area contributed by atoms with Crippen molar-refractivity contribution in [2.75, 3.05) is 19.8 Å². The SMILES string of the molecule is CCOCCCNC(=O)c1ccc(Cn2c(SCc3cccc(C)c3)nc3cccnc32)cc1. The summed E-state index contributed by atoms with van der Waals surface area (Å²) in [6.45, 7) is 6.68. The van der Waals surface area contributed by atoms with Crippen LogP contribution in [0.5, 0.6) is 0 Å². The van der Waals surface area contributed by atoms with Gasteiger partial charge in [0.2, 0.25) is 0 Å². The molecule has 34 heavy (non-hydrogen) atoms. The summed E-state index contributed by atoms with van der Waals surface area (Å²) in [7, 11) is 0. The second-order valence-corrected chi connectivity index (χ2v) is 9.05. The maximum Gasteiger partial charge on any atom is 0.251 e. The van der Waals surface area contributed by atoms with E-state index in [0.717, 1.165) is 34.1 Å². The fourth-order valence-corrected chi connectivity index (χ4v) is 4.65. The number of carbonyl (C=O) groups excluding carboxylic acids is 1. The molecule has 0 unspecified atom stereocenters. The molecule has 2 heterocycles. The van der Waals surface area contributed by atoms with E-state index in [2.05, 4.69) is 46.1 Å². The molecular weight excluding hydrogens is 444 g/mol. The number of carbonyl (C=O) groups is 1. The number of hydrogen-bond acceptors (Lipinski definition) is 5. The van der Waals surface area contributed by atoms with Crippen molar-refractivity contribution in [2.24, 2.45) is 0 Å². The number of amides is 1. The van der Waals surface area contributed by atoms with Crippen LogP contribution >= 0.6 is 11.8 Å². The number of thioether (sulfide) groups is 1. The number of aryl methyl sites for hydroxylation is 1. The molecule has 0 atom stereocenters. The van der Waals surface area contributed by atoms with Crippen LogP contribution in [0.3, 0.4) is 0 Å². The molecule has 0 spiro atoms. The molecule has 2 aromatic heterocycles. The first kappa shape index (κ1) is 24.0. The summed E-state index contributed by atoms with van der Waals surface area (Å²) in [5, 5.41) is 3.88. The van der Waals surface area contributed by atoms with E-state index in [9.17, 15) is 4.79 Å². The molecule has 0 saturated carbocycles. The molecule has 0 fully saturated rings. The molecule has 0 saturated heterocycles. The maximum absolute atomic E-state index is 12.4. The second kappa shape index (κ2) is 11.8. The van der Waals surface area contributed by atoms with Crippen LogP contribution in [-0.2, 0) is 17.0 Å². The van der Waals surface area contributed by atoms with Crippen LogP contribution in [0.1, 0.15) is 40.4 Å². The van der Waals surface area contributed by atoms with Gasteiger partial charge >= 0.3 is 0 Å². The standard InChI is InChI=1S/C27H30N4O2S/c1-3-33-16-6-15-29-26(32)23-12-10-21(11-13-23)18-31-25-24(9-5-14-28-25)30-27(31)34-19-22-8-4-7-20(2)17-22/h4-5,7-14,17H,3,6,15-16,18-19H2,1-2H3,(H,29,32). The van der Waals surface area contributed by atoms with E-state index in [-0.39, 0.29) is 5.91 Å². The summed E-state index contributed by atoms with van der Waals surface area (Å²) in [4.78, 5) is 21.8. The number of nitrogens with one attached hydrogen (secondary N) is 1. The van der Waals surface area contributed by atoms with Gasteiger partial charge in [0.1, 0.15) is 5.52 Å². The predicted octanol–water partition coefficient (Wildman–Crippen LogP) is 5.24. The van der Waals surface area contributed by atoms with E-state index in [1.807, 2.05) is 43.3 Å². The molecule has 176 valence electrons. The third-order valence-electron chi connectivity index (χ3n) is 5.43. The fourth-order valence-electron chi connectivity index (χ4n) is 3.71. The number of ether oxygens (including phenoxy) is 1. The van der Waals surface area contributed by atoms with Crippen molar-refractivity contribution >= 4 is 28.8 Å². The Hall–Kier alpha value is -3.16. The largest absolute Gasteiger partial charge is 0.382 e. The zero-order valence-electron chi connectivity index (χ0n) is 19.7. The van der Waals surface area contributed by atoms with Crippen LogP contribution in [0.2, 0.25) is 0 Å². The number of benzene rings is 2. The molecule has 0 radical (unpaired) electrons. The van der Waals surface area contributed by atoms with Gasteiger partial charge in [-0.1, -0.05) is 53.7 Å². The van der Waals surface area contributed by atoms with Crippen LogP contribution in [0.25, 0.3) is 11.2 Å². The van der Waals surface area contributed by atoms with Crippen LogP contribution in [0.4, 0.5) is 0 Å². The minimum Gasteiger partial charge on any atom is -0.382 e. The van der Waals surface area contributed by atoms with E-state index in [0.29, 0.717) is 31.9 Å². The minimum absolute atomic E-state index is 0.0628. The van der Waals surface area contributed by atoms with Gasteiger partial charge in [-0.05, 0) is 55.7 Å². The van der Waals surface area contributed by atoms with Gasteiger partial charge in [-0.2, -0.15) is 0 Å². The van der Waals surface area contributed by atoms with Crippen molar-refractivity contribution in [3.8, 4) is 0 Å². The predicted molar refractivity (Wildman–Crippen MR) is 137 cm³/mol. The fraction of sp³-hybridized carbons (Fsp3) is 0.296. The van der Waals surface area contributed by atoms with Gasteiger partial charge in [-0.25, -0.2) is 9.97 Å². The van der Waals surface area contributed by atoms with Crippen molar-refractivity contribution in [1.29, 1.82) is 0 Å². The van der Waals surface area contributed by atoms with E-state index >= 15 is 0 Å². The molecule has 0 aliphatic carbocycles. The summed E-state index contributed by atoms with van der Waals surface area (Å²) < 4.78 is 7.46. The first-order valence-corrected chi connectivity index (χ1v) is 12.6. The Bertz CT molecular complexity index is 1240. The molecular formula is C27H30N4O2S. The van der Waals surface area contributed by atoms with Crippen molar-refractivity contribution < 1.29 is 9.53 Å². The number of pyridine rings is 1. The van der Waals surface area contributed by atoms with Crippen LogP contribution in [-0.4, -0.2) is 40.2 Å². The maximum atomic E-state index is 12.4. The van der Waals surface area contributed by atoms with E-state index in [4.69, 9.17) is 9.72 Å². The third-order valence-corrected chi connectivity index (χ3v) is 6.48. The Kier molecular flexibility index (Phi) is 8.33. The minimum atomic E-state index is -0.0628. The highest BCUT2D eigenvalue weighted by Crippen LogP contribution is 2.27. The second-order valence-electron chi connectivity index (χ2n) is 8.11. The van der Waals surface area contributed by atoms with Crippen molar-refractivity contribution in [3.63, 3.8) is 0 Å². The molecule has 2 aromatic carbocycles. The smallest absolute Gasteiger partial charge is 0.251 e. The number of aromatic nitrogens is 3. The number of nitrogens with zero attached hydrogens (tertiary/aromatic N) is 3. The number of rotatable bonds is 11. The van der Waals surface area contributed by atoms with Gasteiger partial charge < -0.3 is 10.1 Å². The molecule has 0 aliphatic heterocycles. The summed E-state index contributed by atoms with van der Waals surface area (Å²) in [5.41, 5.74) is 6.03. The lowest BCUT2D eigenvalue weighted by Crippen LogP contribution is -2.25. The van der Waals surface area contributed by atoms with Gasteiger partial charge in [0.15, 0.2) is 10.8 Å².